The van der Waals surface area contributed by atoms with E-state index >= 15 is 0 Å². The van der Waals surface area contributed by atoms with Crippen molar-refractivity contribution in [2.24, 2.45) is 15.9 Å². The van der Waals surface area contributed by atoms with Crippen LogP contribution in [0.2, 0.25) is 0 Å². The van der Waals surface area contributed by atoms with Gasteiger partial charge in [-0.2, -0.15) is 5.10 Å². The molecule has 0 bridgehead atoms. The summed E-state index contributed by atoms with van der Waals surface area (Å²) in [6.07, 6.45) is 8.58. The molecule has 2 N–H and O–H groups in total. The molecule has 1 atom stereocenters. The molecule has 4 rings (SSSR count). The molecule has 2 heterocycles. The highest BCUT2D eigenvalue weighted by Crippen LogP contribution is 2.37. The highest BCUT2D eigenvalue weighted by molar-refractivity contribution is 7.18. The summed E-state index contributed by atoms with van der Waals surface area (Å²) in [5.74, 6) is 7.11. The van der Waals surface area contributed by atoms with E-state index < -0.39 is 0 Å². The third-order valence-electron chi connectivity index (χ3n) is 6.73. The SMILES string of the molecule is CCc1ccc2nc(C(N=CC(CCCN3CCCCC3)=NN)c3ccc(OC)c(OC)c3)sc2c1. The lowest BCUT2D eigenvalue weighted by Gasteiger charge is -2.26. The van der Waals surface area contributed by atoms with Gasteiger partial charge >= 0.3 is 0 Å². The largest absolute Gasteiger partial charge is 0.493 e. The highest BCUT2D eigenvalue weighted by Gasteiger charge is 2.20. The minimum absolute atomic E-state index is 0.300. The van der Waals surface area contributed by atoms with Crippen molar-refractivity contribution in [2.75, 3.05) is 33.9 Å². The molecule has 192 valence electrons. The lowest BCUT2D eigenvalue weighted by atomic mass is 10.1. The Morgan fingerprint density at radius 1 is 1.11 bits per heavy atom. The van der Waals surface area contributed by atoms with E-state index in [9.17, 15) is 0 Å². The van der Waals surface area contributed by atoms with Gasteiger partial charge in [-0.15, -0.1) is 11.3 Å². The van der Waals surface area contributed by atoms with Crippen LogP contribution in [0.15, 0.2) is 46.5 Å². The third-order valence-corrected chi connectivity index (χ3v) is 7.80. The van der Waals surface area contributed by atoms with Gasteiger partial charge in [-0.3, -0.25) is 4.99 Å². The number of ether oxygens (including phenoxy) is 2. The first-order valence-electron chi connectivity index (χ1n) is 12.8. The Labute approximate surface area is 218 Å². The summed E-state index contributed by atoms with van der Waals surface area (Å²) in [5, 5.41) is 4.97. The second-order valence-corrected chi connectivity index (χ2v) is 10.2. The molecule has 1 aromatic heterocycles. The number of likely N-dealkylation sites (tertiary alicyclic amines) is 1. The van der Waals surface area contributed by atoms with Gasteiger partial charge in [0.25, 0.3) is 0 Å². The van der Waals surface area contributed by atoms with Crippen LogP contribution < -0.4 is 15.3 Å². The van der Waals surface area contributed by atoms with Crippen LogP contribution in [0.5, 0.6) is 11.5 Å². The molecule has 0 amide bonds. The summed E-state index contributed by atoms with van der Waals surface area (Å²) in [6, 6.07) is 12.1. The Morgan fingerprint density at radius 2 is 1.92 bits per heavy atom. The number of methoxy groups -OCH3 is 2. The number of hydrogen-bond donors (Lipinski definition) is 1. The summed E-state index contributed by atoms with van der Waals surface area (Å²) in [5.41, 5.74) is 4.06. The van der Waals surface area contributed by atoms with Crippen molar-refractivity contribution < 1.29 is 9.47 Å². The van der Waals surface area contributed by atoms with Crippen LogP contribution in [-0.4, -0.2) is 55.7 Å². The van der Waals surface area contributed by atoms with Crippen LogP contribution in [0.25, 0.3) is 10.2 Å². The summed E-state index contributed by atoms with van der Waals surface area (Å²) in [6.45, 7) is 5.63. The Morgan fingerprint density at radius 3 is 2.64 bits per heavy atom. The van der Waals surface area contributed by atoms with Crippen LogP contribution in [0.1, 0.15) is 61.2 Å². The predicted molar refractivity (Wildman–Crippen MR) is 150 cm³/mol. The standard InChI is InChI=1S/C28H37N5O2S/c1-4-20-10-12-23-26(17-20)36-28(31-23)27(21-11-13-24(34-2)25(18-21)35-3)30-19-22(32-29)9-8-16-33-14-6-5-7-15-33/h10-13,17-19,27H,4-9,14-16,29H2,1-3H3. The van der Waals surface area contributed by atoms with Gasteiger partial charge < -0.3 is 20.2 Å². The molecule has 0 aliphatic carbocycles. The number of aryl methyl sites for hydroxylation is 1. The number of aliphatic imine (C=N–C) groups is 1. The van der Waals surface area contributed by atoms with E-state index in [1.807, 2.05) is 24.4 Å². The second kappa shape index (κ2) is 12.8. The quantitative estimate of drug-likeness (QED) is 0.207. The minimum atomic E-state index is -0.300. The van der Waals surface area contributed by atoms with Crippen molar-refractivity contribution in [2.45, 2.75) is 51.5 Å². The number of piperidine rings is 1. The number of thiazole rings is 1. The van der Waals surface area contributed by atoms with E-state index in [0.717, 1.165) is 47.6 Å². The van der Waals surface area contributed by atoms with Crippen LogP contribution in [0.4, 0.5) is 0 Å². The van der Waals surface area contributed by atoms with Gasteiger partial charge in [-0.25, -0.2) is 4.98 Å². The summed E-state index contributed by atoms with van der Waals surface area (Å²) in [4.78, 5) is 12.5. The number of benzene rings is 2. The number of hydrazone groups is 1. The molecule has 0 radical (unpaired) electrons. The lowest BCUT2D eigenvalue weighted by Crippen LogP contribution is -2.30. The topological polar surface area (TPSA) is 85.3 Å². The molecule has 7 nitrogen and oxygen atoms in total. The van der Waals surface area contributed by atoms with E-state index in [0.29, 0.717) is 11.5 Å². The zero-order valence-electron chi connectivity index (χ0n) is 21.6. The Hall–Kier alpha value is -2.97. The number of fused-ring (bicyclic) bond motifs is 1. The van der Waals surface area contributed by atoms with Crippen molar-refractivity contribution >= 4 is 33.5 Å². The maximum Gasteiger partial charge on any atom is 0.161 e. The smallest absolute Gasteiger partial charge is 0.161 e. The van der Waals surface area contributed by atoms with Crippen molar-refractivity contribution in [1.29, 1.82) is 0 Å². The summed E-state index contributed by atoms with van der Waals surface area (Å²) in [7, 11) is 3.28. The molecule has 1 fully saturated rings. The Kier molecular flexibility index (Phi) is 9.30. The first-order chi connectivity index (χ1) is 17.6. The second-order valence-electron chi connectivity index (χ2n) is 9.13. The molecule has 1 unspecified atom stereocenters. The van der Waals surface area contributed by atoms with Crippen molar-refractivity contribution in [1.82, 2.24) is 9.88 Å². The molecule has 0 spiro atoms. The molecular formula is C28H37N5O2S. The molecular weight excluding hydrogens is 470 g/mol. The van der Waals surface area contributed by atoms with Crippen molar-refractivity contribution in [3.63, 3.8) is 0 Å². The fraction of sp³-hybridized carbons (Fsp3) is 0.464. The van der Waals surface area contributed by atoms with Gasteiger partial charge in [0.1, 0.15) is 11.0 Å². The molecule has 1 aliphatic rings. The van der Waals surface area contributed by atoms with Crippen LogP contribution in [0.3, 0.4) is 0 Å². The average Bonchev–Trinajstić information content (AvgIpc) is 3.35. The van der Waals surface area contributed by atoms with E-state index in [4.69, 9.17) is 25.3 Å². The van der Waals surface area contributed by atoms with Gasteiger partial charge in [-0.1, -0.05) is 25.5 Å². The highest BCUT2D eigenvalue weighted by atomic mass is 32.1. The number of aromatic nitrogens is 1. The van der Waals surface area contributed by atoms with E-state index in [1.165, 1.54) is 42.6 Å². The maximum absolute atomic E-state index is 5.77. The average molecular weight is 508 g/mol. The lowest BCUT2D eigenvalue weighted by molar-refractivity contribution is 0.228. The van der Waals surface area contributed by atoms with E-state index in [2.05, 4.69) is 35.1 Å². The molecule has 1 saturated heterocycles. The van der Waals surface area contributed by atoms with Crippen LogP contribution >= 0.6 is 11.3 Å². The number of nitrogens with zero attached hydrogens (tertiary/aromatic N) is 4. The molecule has 2 aromatic carbocycles. The van der Waals surface area contributed by atoms with E-state index in [1.54, 1.807) is 25.6 Å². The fourth-order valence-corrected chi connectivity index (χ4v) is 5.74. The summed E-state index contributed by atoms with van der Waals surface area (Å²) >= 11 is 1.67. The first kappa shape index (κ1) is 26.1. The maximum atomic E-state index is 5.77. The van der Waals surface area contributed by atoms with Gasteiger partial charge in [0.15, 0.2) is 11.5 Å². The zero-order chi connectivity index (χ0) is 25.3. The summed E-state index contributed by atoms with van der Waals surface area (Å²) < 4.78 is 12.2. The molecule has 36 heavy (non-hydrogen) atoms. The molecule has 1 aliphatic heterocycles. The van der Waals surface area contributed by atoms with Crippen LogP contribution in [-0.2, 0) is 6.42 Å². The molecule has 8 heteroatoms. The van der Waals surface area contributed by atoms with Gasteiger partial charge in [0, 0.05) is 6.21 Å². The molecule has 0 saturated carbocycles. The van der Waals surface area contributed by atoms with E-state index in [-0.39, 0.29) is 6.04 Å². The van der Waals surface area contributed by atoms with Crippen molar-refractivity contribution in [3.8, 4) is 11.5 Å². The predicted octanol–water partition coefficient (Wildman–Crippen LogP) is 5.62. The number of rotatable bonds is 11. The van der Waals surface area contributed by atoms with Gasteiger partial charge in [0.05, 0.1) is 30.1 Å². The van der Waals surface area contributed by atoms with Gasteiger partial charge in [0.2, 0.25) is 0 Å². The fourth-order valence-electron chi connectivity index (χ4n) is 4.63. The van der Waals surface area contributed by atoms with Crippen molar-refractivity contribution in [3.05, 3.63) is 52.5 Å². The normalized spacial score (nSPS) is 16.0. The Bertz CT molecular complexity index is 1200. The first-order valence-corrected chi connectivity index (χ1v) is 13.6. The third kappa shape index (κ3) is 6.42. The number of hydrogen-bond acceptors (Lipinski definition) is 8. The zero-order valence-corrected chi connectivity index (χ0v) is 22.4. The minimum Gasteiger partial charge on any atom is -0.493 e. The number of nitrogens with two attached hydrogens (primary N) is 1. The monoisotopic (exact) mass is 507 g/mol. The van der Waals surface area contributed by atoms with Gasteiger partial charge in [-0.05, 0) is 87.1 Å². The molecule has 3 aromatic rings. The van der Waals surface area contributed by atoms with Crippen LogP contribution in [0, 0.1) is 0 Å². The Balaban J connectivity index is 1.59.